The first kappa shape index (κ1) is 15.5. The Morgan fingerprint density at radius 2 is 2.10 bits per heavy atom. The SMILES string of the molecule is O=C(NCCNS(=O)(=O)c1ccc(Cl)nc1)c1ccco1. The van der Waals surface area contributed by atoms with Gasteiger partial charge >= 0.3 is 0 Å². The Morgan fingerprint density at radius 1 is 1.29 bits per heavy atom. The average Bonchev–Trinajstić information content (AvgIpc) is 2.98. The summed E-state index contributed by atoms with van der Waals surface area (Å²) in [6.07, 6.45) is 2.54. The minimum atomic E-state index is -3.67. The van der Waals surface area contributed by atoms with E-state index in [0.717, 1.165) is 6.20 Å². The molecular weight excluding hydrogens is 318 g/mol. The van der Waals surface area contributed by atoms with Crippen molar-refractivity contribution in [3.05, 3.63) is 47.6 Å². The number of aromatic nitrogens is 1. The molecule has 0 unspecified atom stereocenters. The van der Waals surface area contributed by atoms with E-state index in [1.54, 1.807) is 6.07 Å². The lowest BCUT2D eigenvalue weighted by Gasteiger charge is -2.07. The van der Waals surface area contributed by atoms with Crippen molar-refractivity contribution < 1.29 is 17.6 Å². The largest absolute Gasteiger partial charge is 0.459 e. The first-order valence-corrected chi connectivity index (χ1v) is 7.78. The molecule has 7 nitrogen and oxygen atoms in total. The van der Waals surface area contributed by atoms with Crippen molar-refractivity contribution >= 4 is 27.5 Å². The summed E-state index contributed by atoms with van der Waals surface area (Å²) in [6.45, 7) is 0.164. The molecular formula is C12H12ClN3O4S. The highest BCUT2D eigenvalue weighted by molar-refractivity contribution is 7.89. The molecule has 0 aliphatic carbocycles. The Hall–Kier alpha value is -1.90. The van der Waals surface area contributed by atoms with Crippen LogP contribution in [0.15, 0.2) is 46.0 Å². The highest BCUT2D eigenvalue weighted by Gasteiger charge is 2.14. The number of furan rings is 1. The van der Waals surface area contributed by atoms with E-state index >= 15 is 0 Å². The molecule has 2 rings (SSSR count). The van der Waals surface area contributed by atoms with Crippen LogP contribution in [0.25, 0.3) is 0 Å². The molecule has 0 aliphatic heterocycles. The number of carbonyl (C=O) groups is 1. The van der Waals surface area contributed by atoms with E-state index in [1.165, 1.54) is 24.5 Å². The number of pyridine rings is 1. The highest BCUT2D eigenvalue weighted by Crippen LogP contribution is 2.10. The predicted octanol–water partition coefficient (Wildman–Crippen LogP) is 1.04. The van der Waals surface area contributed by atoms with E-state index in [2.05, 4.69) is 15.0 Å². The van der Waals surface area contributed by atoms with Gasteiger partial charge in [0.2, 0.25) is 10.0 Å². The second kappa shape index (κ2) is 6.70. The first-order valence-electron chi connectivity index (χ1n) is 5.92. The Bertz CT molecular complexity index is 699. The maximum Gasteiger partial charge on any atom is 0.287 e. The molecule has 112 valence electrons. The van der Waals surface area contributed by atoms with Gasteiger partial charge in [-0.15, -0.1) is 0 Å². The first-order chi connectivity index (χ1) is 9.99. The monoisotopic (exact) mass is 329 g/mol. The average molecular weight is 330 g/mol. The lowest BCUT2D eigenvalue weighted by molar-refractivity contribution is 0.0926. The Kier molecular flexibility index (Phi) is 4.94. The van der Waals surface area contributed by atoms with Gasteiger partial charge in [-0.25, -0.2) is 18.1 Å². The Balaban J connectivity index is 1.82. The van der Waals surface area contributed by atoms with Crippen molar-refractivity contribution in [2.24, 2.45) is 0 Å². The molecule has 0 saturated heterocycles. The third-order valence-electron chi connectivity index (χ3n) is 2.46. The number of hydrogen-bond donors (Lipinski definition) is 2. The van der Waals surface area contributed by atoms with Crippen LogP contribution in [0.5, 0.6) is 0 Å². The zero-order chi connectivity index (χ0) is 15.3. The number of carbonyl (C=O) groups excluding carboxylic acids is 1. The molecule has 2 heterocycles. The van der Waals surface area contributed by atoms with Crippen molar-refractivity contribution in [2.45, 2.75) is 4.90 Å². The van der Waals surface area contributed by atoms with E-state index in [0.29, 0.717) is 0 Å². The number of hydrogen-bond acceptors (Lipinski definition) is 5. The van der Waals surface area contributed by atoms with E-state index in [-0.39, 0.29) is 28.9 Å². The molecule has 0 aromatic carbocycles. The van der Waals surface area contributed by atoms with Crippen LogP contribution in [0, 0.1) is 0 Å². The minimum absolute atomic E-state index is 0.00395. The quantitative estimate of drug-likeness (QED) is 0.609. The van der Waals surface area contributed by atoms with Gasteiger partial charge in [0.25, 0.3) is 5.91 Å². The molecule has 0 spiro atoms. The van der Waals surface area contributed by atoms with Crippen LogP contribution in [0.4, 0.5) is 0 Å². The van der Waals surface area contributed by atoms with E-state index in [1.807, 2.05) is 0 Å². The van der Waals surface area contributed by atoms with Gasteiger partial charge in [-0.2, -0.15) is 0 Å². The van der Waals surface area contributed by atoms with Gasteiger partial charge in [0.05, 0.1) is 6.26 Å². The molecule has 2 N–H and O–H groups in total. The number of halogens is 1. The number of sulfonamides is 1. The molecule has 21 heavy (non-hydrogen) atoms. The maximum absolute atomic E-state index is 11.9. The van der Waals surface area contributed by atoms with Crippen molar-refractivity contribution in [2.75, 3.05) is 13.1 Å². The maximum atomic E-state index is 11.9. The van der Waals surface area contributed by atoms with Gasteiger partial charge < -0.3 is 9.73 Å². The molecule has 0 bridgehead atoms. The smallest absolute Gasteiger partial charge is 0.287 e. The molecule has 0 saturated carbocycles. The number of nitrogens with one attached hydrogen (secondary N) is 2. The topological polar surface area (TPSA) is 101 Å². The van der Waals surface area contributed by atoms with E-state index in [9.17, 15) is 13.2 Å². The molecule has 0 aliphatic rings. The summed E-state index contributed by atoms with van der Waals surface area (Å²) < 4.78 is 31.0. The fourth-order valence-electron chi connectivity index (χ4n) is 1.46. The second-order valence-electron chi connectivity index (χ2n) is 3.95. The summed E-state index contributed by atoms with van der Waals surface area (Å²) in [5.74, 6) is -0.243. The van der Waals surface area contributed by atoms with Crippen molar-refractivity contribution in [1.82, 2.24) is 15.0 Å². The molecule has 0 fully saturated rings. The Labute approximate surface area is 126 Å². The van der Waals surface area contributed by atoms with Crippen LogP contribution in [0.1, 0.15) is 10.6 Å². The molecule has 1 amide bonds. The lowest BCUT2D eigenvalue weighted by Crippen LogP contribution is -2.34. The van der Waals surface area contributed by atoms with Crippen LogP contribution in [0.2, 0.25) is 5.15 Å². The molecule has 2 aromatic rings. The van der Waals surface area contributed by atoms with Gasteiger partial charge in [-0.1, -0.05) is 11.6 Å². The number of nitrogens with zero attached hydrogens (tertiary/aromatic N) is 1. The van der Waals surface area contributed by atoms with Crippen molar-refractivity contribution in [3.63, 3.8) is 0 Å². The summed E-state index contributed by atoms with van der Waals surface area (Å²) in [4.78, 5) is 15.2. The third-order valence-corrected chi connectivity index (χ3v) is 4.13. The summed E-state index contributed by atoms with van der Waals surface area (Å²) >= 11 is 5.59. The van der Waals surface area contributed by atoms with Gasteiger partial charge in [-0.3, -0.25) is 4.79 Å². The zero-order valence-corrected chi connectivity index (χ0v) is 12.3. The summed E-state index contributed by atoms with van der Waals surface area (Å²) in [5.41, 5.74) is 0. The third kappa shape index (κ3) is 4.28. The second-order valence-corrected chi connectivity index (χ2v) is 6.10. The van der Waals surface area contributed by atoms with Crippen LogP contribution < -0.4 is 10.0 Å². The standard InChI is InChI=1S/C12H12ClN3O4S/c13-11-4-3-9(8-15-11)21(18,19)16-6-5-14-12(17)10-2-1-7-20-10/h1-4,7-8,16H,5-6H2,(H,14,17). The number of rotatable bonds is 6. The number of amides is 1. The lowest BCUT2D eigenvalue weighted by atomic mass is 10.4. The summed E-state index contributed by atoms with van der Waals surface area (Å²) in [6, 6.07) is 5.83. The van der Waals surface area contributed by atoms with E-state index in [4.69, 9.17) is 16.0 Å². The van der Waals surface area contributed by atoms with Gasteiger partial charge in [0.15, 0.2) is 5.76 Å². The fourth-order valence-corrected chi connectivity index (χ4v) is 2.55. The molecule has 2 aromatic heterocycles. The molecule has 0 atom stereocenters. The molecule has 0 radical (unpaired) electrons. The molecule has 9 heteroatoms. The minimum Gasteiger partial charge on any atom is -0.459 e. The van der Waals surface area contributed by atoms with Gasteiger partial charge in [-0.05, 0) is 24.3 Å². The van der Waals surface area contributed by atoms with Crippen LogP contribution in [0.3, 0.4) is 0 Å². The van der Waals surface area contributed by atoms with E-state index < -0.39 is 15.9 Å². The zero-order valence-electron chi connectivity index (χ0n) is 10.7. The van der Waals surface area contributed by atoms with Gasteiger partial charge in [0.1, 0.15) is 10.0 Å². The van der Waals surface area contributed by atoms with Crippen LogP contribution in [-0.4, -0.2) is 32.4 Å². The summed E-state index contributed by atoms with van der Waals surface area (Å²) in [7, 11) is -3.67. The van der Waals surface area contributed by atoms with Crippen molar-refractivity contribution in [1.29, 1.82) is 0 Å². The predicted molar refractivity (Wildman–Crippen MR) is 75.5 cm³/mol. The van der Waals surface area contributed by atoms with Crippen molar-refractivity contribution in [3.8, 4) is 0 Å². The normalized spacial score (nSPS) is 11.3. The fraction of sp³-hybridized carbons (Fsp3) is 0.167. The summed E-state index contributed by atoms with van der Waals surface area (Å²) in [5, 5.41) is 2.73. The highest BCUT2D eigenvalue weighted by atomic mass is 35.5. The van der Waals surface area contributed by atoms with Crippen LogP contribution >= 0.6 is 11.6 Å². The van der Waals surface area contributed by atoms with Gasteiger partial charge in [0, 0.05) is 19.3 Å². The Morgan fingerprint density at radius 3 is 2.71 bits per heavy atom. The van der Waals surface area contributed by atoms with Crippen LogP contribution in [-0.2, 0) is 10.0 Å².